The Balaban J connectivity index is 1.72. The van der Waals surface area contributed by atoms with Crippen molar-refractivity contribution in [3.8, 4) is 11.3 Å². The Morgan fingerprint density at radius 1 is 1.25 bits per heavy atom. The van der Waals surface area contributed by atoms with E-state index in [0.29, 0.717) is 21.4 Å². The summed E-state index contributed by atoms with van der Waals surface area (Å²) in [6.07, 6.45) is 1.64. The molecule has 0 amide bonds. The number of hydrogen-bond acceptors (Lipinski definition) is 6. The molecule has 2 aromatic carbocycles. The lowest BCUT2D eigenvalue weighted by Gasteiger charge is -1.97. The van der Waals surface area contributed by atoms with Crippen molar-refractivity contribution < 1.29 is 4.92 Å². The molecule has 0 atom stereocenters. The lowest BCUT2D eigenvalue weighted by Crippen LogP contribution is -1.91. The van der Waals surface area contributed by atoms with Crippen LogP contribution in [-0.4, -0.2) is 16.1 Å². The van der Waals surface area contributed by atoms with Gasteiger partial charge < -0.3 is 0 Å². The molecule has 0 aliphatic heterocycles. The third-order valence-electron chi connectivity index (χ3n) is 3.08. The molecule has 8 heteroatoms. The Morgan fingerprint density at radius 3 is 2.88 bits per heavy atom. The molecule has 0 spiro atoms. The fraction of sp³-hybridized carbons (Fsp3) is 0. The van der Waals surface area contributed by atoms with Crippen LogP contribution >= 0.6 is 22.9 Å². The summed E-state index contributed by atoms with van der Waals surface area (Å²) in [7, 11) is 0. The maximum atomic E-state index is 10.8. The van der Waals surface area contributed by atoms with E-state index in [0.717, 1.165) is 5.56 Å². The molecule has 3 aromatic rings. The molecule has 6 nitrogen and oxygen atoms in total. The molecule has 0 aliphatic rings. The largest absolute Gasteiger partial charge is 0.270 e. The number of nitro benzene ring substituents is 1. The first kappa shape index (κ1) is 16.1. The molecular weight excluding hydrogens is 348 g/mol. The Hall–Kier alpha value is -2.77. The number of nitrogens with zero attached hydrogens (tertiary/aromatic N) is 3. The summed E-state index contributed by atoms with van der Waals surface area (Å²) in [5.41, 5.74) is 5.09. The standard InChI is InChI=1S/C16H11ClN4O2S/c17-13-5-1-3-11(7-13)9-18-20-16-19-15(10-24-16)12-4-2-6-14(8-12)21(22)23/h1-10H,(H,19,20)/b18-9+. The fourth-order valence-corrected chi connectivity index (χ4v) is 2.85. The number of halogens is 1. The number of anilines is 1. The second-order valence-electron chi connectivity index (χ2n) is 4.77. The third kappa shape index (κ3) is 3.95. The van der Waals surface area contributed by atoms with Crippen LogP contribution in [0.15, 0.2) is 59.0 Å². The van der Waals surface area contributed by atoms with E-state index in [2.05, 4.69) is 15.5 Å². The first-order chi connectivity index (χ1) is 11.6. The number of thiazole rings is 1. The second kappa shape index (κ2) is 7.20. The highest BCUT2D eigenvalue weighted by molar-refractivity contribution is 7.14. The van der Waals surface area contributed by atoms with Crippen LogP contribution in [0.3, 0.4) is 0 Å². The number of benzene rings is 2. The normalized spacial score (nSPS) is 10.9. The van der Waals surface area contributed by atoms with E-state index >= 15 is 0 Å². The monoisotopic (exact) mass is 358 g/mol. The van der Waals surface area contributed by atoms with Crippen molar-refractivity contribution >= 4 is 40.0 Å². The number of nitro groups is 1. The Morgan fingerprint density at radius 2 is 2.08 bits per heavy atom. The first-order valence-electron chi connectivity index (χ1n) is 6.87. The summed E-state index contributed by atoms with van der Waals surface area (Å²) in [6, 6.07) is 13.7. The van der Waals surface area contributed by atoms with Crippen molar-refractivity contribution in [3.63, 3.8) is 0 Å². The van der Waals surface area contributed by atoms with Crippen LogP contribution in [0.25, 0.3) is 11.3 Å². The highest BCUT2D eigenvalue weighted by Crippen LogP contribution is 2.27. The predicted octanol–water partition coefficient (Wildman–Crippen LogP) is 4.82. The van der Waals surface area contributed by atoms with Gasteiger partial charge in [0.25, 0.3) is 5.69 Å². The molecular formula is C16H11ClN4O2S. The van der Waals surface area contributed by atoms with Crippen LogP contribution in [0, 0.1) is 10.1 Å². The van der Waals surface area contributed by atoms with Gasteiger partial charge in [0.05, 0.1) is 16.8 Å². The smallest absolute Gasteiger partial charge is 0.258 e. The van der Waals surface area contributed by atoms with Gasteiger partial charge in [-0.2, -0.15) is 5.10 Å². The van der Waals surface area contributed by atoms with Gasteiger partial charge in [-0.3, -0.25) is 15.5 Å². The second-order valence-corrected chi connectivity index (χ2v) is 6.06. The predicted molar refractivity (Wildman–Crippen MR) is 96.9 cm³/mol. The third-order valence-corrected chi connectivity index (χ3v) is 4.06. The molecule has 120 valence electrons. The van der Waals surface area contributed by atoms with E-state index in [1.807, 2.05) is 17.5 Å². The number of rotatable bonds is 5. The zero-order valence-corrected chi connectivity index (χ0v) is 13.8. The minimum atomic E-state index is -0.426. The molecule has 0 radical (unpaired) electrons. The highest BCUT2D eigenvalue weighted by Gasteiger charge is 2.09. The van der Waals surface area contributed by atoms with Crippen LogP contribution in [0.4, 0.5) is 10.8 Å². The van der Waals surface area contributed by atoms with Gasteiger partial charge in [0.1, 0.15) is 0 Å². The zero-order valence-electron chi connectivity index (χ0n) is 12.2. The number of nitrogens with one attached hydrogen (secondary N) is 1. The SMILES string of the molecule is O=[N+]([O-])c1cccc(-c2csc(N/N=C/c3cccc(Cl)c3)n2)c1. The number of hydrazone groups is 1. The molecule has 24 heavy (non-hydrogen) atoms. The molecule has 1 N–H and O–H groups in total. The van der Waals surface area contributed by atoms with E-state index < -0.39 is 4.92 Å². The maximum Gasteiger partial charge on any atom is 0.270 e. The molecule has 0 saturated heterocycles. The number of non-ortho nitro benzene ring substituents is 1. The van der Waals surface area contributed by atoms with Gasteiger partial charge in [-0.05, 0) is 17.7 Å². The van der Waals surface area contributed by atoms with Crippen molar-refractivity contribution in [3.05, 3.63) is 74.6 Å². The Bertz CT molecular complexity index is 910. The van der Waals surface area contributed by atoms with Gasteiger partial charge in [0.2, 0.25) is 5.13 Å². The summed E-state index contributed by atoms with van der Waals surface area (Å²) in [6.45, 7) is 0. The lowest BCUT2D eigenvalue weighted by molar-refractivity contribution is -0.384. The summed E-state index contributed by atoms with van der Waals surface area (Å²) in [4.78, 5) is 14.8. The van der Waals surface area contributed by atoms with Crippen molar-refractivity contribution in [2.24, 2.45) is 5.10 Å². The fourth-order valence-electron chi connectivity index (χ4n) is 1.99. The summed E-state index contributed by atoms with van der Waals surface area (Å²) < 4.78 is 0. The van der Waals surface area contributed by atoms with Crippen molar-refractivity contribution in [2.75, 3.05) is 5.43 Å². The maximum absolute atomic E-state index is 10.8. The number of aromatic nitrogens is 1. The minimum Gasteiger partial charge on any atom is -0.258 e. The summed E-state index contributed by atoms with van der Waals surface area (Å²) in [5, 5.41) is 18.0. The van der Waals surface area contributed by atoms with Gasteiger partial charge in [0, 0.05) is 28.1 Å². The van der Waals surface area contributed by atoms with Crippen molar-refractivity contribution in [1.29, 1.82) is 0 Å². The Kier molecular flexibility index (Phi) is 4.83. The van der Waals surface area contributed by atoms with Gasteiger partial charge in [-0.1, -0.05) is 35.9 Å². The molecule has 3 rings (SSSR count). The van der Waals surface area contributed by atoms with E-state index in [1.165, 1.54) is 23.5 Å². The average Bonchev–Trinajstić information content (AvgIpc) is 3.04. The van der Waals surface area contributed by atoms with Crippen LogP contribution in [-0.2, 0) is 0 Å². The highest BCUT2D eigenvalue weighted by atomic mass is 35.5. The van der Waals surface area contributed by atoms with E-state index in [4.69, 9.17) is 11.6 Å². The average molecular weight is 359 g/mol. The van der Waals surface area contributed by atoms with Crippen LogP contribution in [0.1, 0.15) is 5.56 Å². The van der Waals surface area contributed by atoms with Crippen LogP contribution in [0.2, 0.25) is 5.02 Å². The zero-order chi connectivity index (χ0) is 16.9. The molecule has 0 unspecified atom stereocenters. The van der Waals surface area contributed by atoms with Gasteiger partial charge >= 0.3 is 0 Å². The van der Waals surface area contributed by atoms with E-state index in [-0.39, 0.29) is 5.69 Å². The van der Waals surface area contributed by atoms with Crippen molar-refractivity contribution in [2.45, 2.75) is 0 Å². The molecule has 0 fully saturated rings. The Labute approximate surface area is 146 Å². The van der Waals surface area contributed by atoms with Crippen LogP contribution < -0.4 is 5.43 Å². The van der Waals surface area contributed by atoms with Gasteiger partial charge in [-0.15, -0.1) is 11.3 Å². The first-order valence-corrected chi connectivity index (χ1v) is 8.12. The van der Waals surface area contributed by atoms with E-state index in [9.17, 15) is 10.1 Å². The molecule has 0 saturated carbocycles. The van der Waals surface area contributed by atoms with Gasteiger partial charge in [0.15, 0.2) is 0 Å². The lowest BCUT2D eigenvalue weighted by atomic mass is 10.1. The molecule has 1 heterocycles. The summed E-state index contributed by atoms with van der Waals surface area (Å²) in [5.74, 6) is 0. The van der Waals surface area contributed by atoms with Gasteiger partial charge in [-0.25, -0.2) is 4.98 Å². The quantitative estimate of drug-likeness (QED) is 0.403. The molecule has 0 aliphatic carbocycles. The number of hydrogen-bond donors (Lipinski definition) is 1. The molecule has 1 aromatic heterocycles. The van der Waals surface area contributed by atoms with E-state index in [1.54, 1.807) is 30.5 Å². The minimum absolute atomic E-state index is 0.0361. The molecule has 0 bridgehead atoms. The van der Waals surface area contributed by atoms with Crippen LogP contribution in [0.5, 0.6) is 0 Å². The summed E-state index contributed by atoms with van der Waals surface area (Å²) >= 11 is 7.27. The van der Waals surface area contributed by atoms with Crippen molar-refractivity contribution in [1.82, 2.24) is 4.98 Å². The topological polar surface area (TPSA) is 80.4 Å².